The lowest BCUT2D eigenvalue weighted by atomic mass is 10.00. The van der Waals surface area contributed by atoms with Gasteiger partial charge in [0, 0.05) is 5.56 Å². The molecule has 7 heteroatoms. The fraction of sp³-hybridized carbons (Fsp3) is 0.278. The molecule has 0 aliphatic carbocycles. The maximum absolute atomic E-state index is 9.57. The van der Waals surface area contributed by atoms with E-state index in [0.29, 0.717) is 11.3 Å². The van der Waals surface area contributed by atoms with Crippen LogP contribution in [0.15, 0.2) is 33.9 Å². The number of hydrogen-bond donors (Lipinski definition) is 2. The molecule has 3 aromatic rings. The van der Waals surface area contributed by atoms with Gasteiger partial charge >= 0.3 is 0 Å². The number of aromatic nitrogens is 3. The first-order valence-electron chi connectivity index (χ1n) is 7.97. The highest BCUT2D eigenvalue weighted by atomic mass is 16.5. The molecule has 130 valence electrons. The minimum absolute atomic E-state index is 0.116. The first-order valence-corrected chi connectivity index (χ1v) is 7.97. The number of aryl methyl sites for hydroxylation is 2. The minimum atomic E-state index is 0.116. The topological polar surface area (TPSA) is 96.7 Å². The maximum atomic E-state index is 9.57. The van der Waals surface area contributed by atoms with Crippen LogP contribution in [0.1, 0.15) is 42.5 Å². The predicted molar refractivity (Wildman–Crippen MR) is 93.7 cm³/mol. The summed E-state index contributed by atoms with van der Waals surface area (Å²) in [4.78, 5) is 0. The average Bonchev–Trinajstić information content (AvgIpc) is 3.09. The lowest BCUT2D eigenvalue weighted by Gasteiger charge is -2.08. The van der Waals surface area contributed by atoms with Crippen molar-refractivity contribution in [1.82, 2.24) is 14.9 Å². The third kappa shape index (κ3) is 2.88. The van der Waals surface area contributed by atoms with E-state index in [0.717, 1.165) is 28.3 Å². The second-order valence-electron chi connectivity index (χ2n) is 6.17. The van der Waals surface area contributed by atoms with E-state index in [4.69, 9.17) is 14.8 Å². The molecule has 0 radical (unpaired) electrons. The van der Waals surface area contributed by atoms with Crippen LogP contribution >= 0.6 is 0 Å². The van der Waals surface area contributed by atoms with E-state index in [2.05, 4.69) is 10.3 Å². The van der Waals surface area contributed by atoms with Gasteiger partial charge < -0.3 is 14.8 Å². The number of nitrogens with zero attached hydrogens (tertiary/aromatic N) is 4. The van der Waals surface area contributed by atoms with Crippen molar-refractivity contribution in [2.75, 3.05) is 0 Å². The van der Waals surface area contributed by atoms with Crippen LogP contribution in [0.4, 0.5) is 0 Å². The summed E-state index contributed by atoms with van der Waals surface area (Å²) >= 11 is 0. The summed E-state index contributed by atoms with van der Waals surface area (Å²) in [6.07, 6.45) is 1.39. The molecule has 0 bridgehead atoms. The number of phenols is 1. The molecule has 0 saturated carbocycles. The first-order chi connectivity index (χ1) is 11.9. The summed E-state index contributed by atoms with van der Waals surface area (Å²) < 4.78 is 7.09. The molecule has 0 atom stereocenters. The average molecular weight is 340 g/mol. The lowest BCUT2D eigenvalue weighted by Crippen LogP contribution is -2.01. The monoisotopic (exact) mass is 340 g/mol. The zero-order chi connectivity index (χ0) is 18.1. The van der Waals surface area contributed by atoms with Crippen LogP contribution in [0, 0.1) is 13.8 Å². The molecule has 0 fully saturated rings. The normalized spacial score (nSPS) is 11.7. The van der Waals surface area contributed by atoms with Crippen molar-refractivity contribution in [2.45, 2.75) is 33.6 Å². The van der Waals surface area contributed by atoms with Crippen LogP contribution in [-0.4, -0.2) is 31.5 Å². The second-order valence-corrected chi connectivity index (χ2v) is 6.17. The predicted octanol–water partition coefficient (Wildman–Crippen LogP) is 3.78. The zero-order valence-corrected chi connectivity index (χ0v) is 14.6. The van der Waals surface area contributed by atoms with Gasteiger partial charge in [-0.05, 0) is 44.0 Å². The van der Waals surface area contributed by atoms with E-state index in [9.17, 15) is 5.11 Å². The Balaban J connectivity index is 2.38. The van der Waals surface area contributed by atoms with E-state index in [1.807, 2.05) is 27.7 Å². The SMILES string of the molecule is Cc1noc(C)c1-c1c(C=NO)c(C(C)C)nn1-c1ccc(O)cc1. The Kier molecular flexibility index (Phi) is 4.31. The highest BCUT2D eigenvalue weighted by molar-refractivity contribution is 5.92. The Morgan fingerprint density at radius 2 is 1.88 bits per heavy atom. The smallest absolute Gasteiger partial charge is 0.143 e. The first kappa shape index (κ1) is 16.8. The Morgan fingerprint density at radius 1 is 1.20 bits per heavy atom. The standard InChI is InChI=1S/C18H20N4O3/c1-10(2)17-15(9-19-24)18(16-11(3)21-25-12(16)4)22(20-17)13-5-7-14(23)8-6-13/h5-10,23-24H,1-4H3. The van der Waals surface area contributed by atoms with Crippen LogP contribution in [0.2, 0.25) is 0 Å². The van der Waals surface area contributed by atoms with Crippen molar-refractivity contribution >= 4 is 6.21 Å². The Hall–Kier alpha value is -3.09. The highest BCUT2D eigenvalue weighted by Crippen LogP contribution is 2.35. The summed E-state index contributed by atoms with van der Waals surface area (Å²) in [6.45, 7) is 7.73. The van der Waals surface area contributed by atoms with Gasteiger partial charge in [-0.2, -0.15) is 5.10 Å². The molecular weight excluding hydrogens is 320 g/mol. The molecule has 0 aliphatic heterocycles. The zero-order valence-electron chi connectivity index (χ0n) is 14.6. The quantitative estimate of drug-likeness (QED) is 0.428. The number of rotatable bonds is 4. The summed E-state index contributed by atoms with van der Waals surface area (Å²) in [5, 5.41) is 30.7. The highest BCUT2D eigenvalue weighted by Gasteiger charge is 2.25. The molecule has 2 aromatic heterocycles. The molecule has 3 rings (SSSR count). The van der Waals surface area contributed by atoms with Gasteiger partial charge in [0.15, 0.2) is 0 Å². The second kappa shape index (κ2) is 6.43. The van der Waals surface area contributed by atoms with Crippen LogP contribution in [0.3, 0.4) is 0 Å². The van der Waals surface area contributed by atoms with Crippen molar-refractivity contribution in [1.29, 1.82) is 0 Å². The van der Waals surface area contributed by atoms with E-state index in [1.165, 1.54) is 6.21 Å². The van der Waals surface area contributed by atoms with Gasteiger partial charge in [0.2, 0.25) is 0 Å². The summed E-state index contributed by atoms with van der Waals surface area (Å²) in [7, 11) is 0. The molecule has 0 aliphatic rings. The lowest BCUT2D eigenvalue weighted by molar-refractivity contribution is 0.322. The Bertz CT molecular complexity index is 901. The number of oxime groups is 1. The molecule has 7 nitrogen and oxygen atoms in total. The van der Waals surface area contributed by atoms with E-state index < -0.39 is 0 Å². The number of benzene rings is 1. The van der Waals surface area contributed by atoms with Crippen molar-refractivity contribution in [2.24, 2.45) is 5.16 Å². The molecule has 0 amide bonds. The molecule has 2 N–H and O–H groups in total. The van der Waals surface area contributed by atoms with Gasteiger partial charge in [-0.1, -0.05) is 24.2 Å². The molecule has 25 heavy (non-hydrogen) atoms. The molecule has 0 saturated heterocycles. The third-order valence-electron chi connectivity index (χ3n) is 4.05. The van der Waals surface area contributed by atoms with E-state index >= 15 is 0 Å². The number of aromatic hydroxyl groups is 1. The van der Waals surface area contributed by atoms with E-state index in [1.54, 1.807) is 28.9 Å². The van der Waals surface area contributed by atoms with Crippen molar-refractivity contribution < 1.29 is 14.8 Å². The van der Waals surface area contributed by atoms with Crippen LogP contribution in [0.25, 0.3) is 16.9 Å². The van der Waals surface area contributed by atoms with E-state index in [-0.39, 0.29) is 11.7 Å². The van der Waals surface area contributed by atoms with Gasteiger partial charge in [-0.15, -0.1) is 0 Å². The Labute approximate surface area is 145 Å². The molecule has 0 unspecified atom stereocenters. The van der Waals surface area contributed by atoms with Crippen molar-refractivity contribution in [3.8, 4) is 22.7 Å². The van der Waals surface area contributed by atoms with Gasteiger partial charge in [-0.25, -0.2) is 4.68 Å². The number of phenolic OH excluding ortho intramolecular Hbond substituents is 1. The molecule has 1 aromatic carbocycles. The van der Waals surface area contributed by atoms with Crippen LogP contribution < -0.4 is 0 Å². The van der Waals surface area contributed by atoms with Gasteiger partial charge in [0.05, 0.1) is 34.5 Å². The fourth-order valence-electron chi connectivity index (χ4n) is 2.90. The van der Waals surface area contributed by atoms with Gasteiger partial charge in [-0.3, -0.25) is 0 Å². The van der Waals surface area contributed by atoms with Crippen molar-refractivity contribution in [3.05, 3.63) is 47.0 Å². The third-order valence-corrected chi connectivity index (χ3v) is 4.05. The van der Waals surface area contributed by atoms with Gasteiger partial charge in [0.1, 0.15) is 11.5 Å². The molecule has 2 heterocycles. The van der Waals surface area contributed by atoms with Crippen molar-refractivity contribution in [3.63, 3.8) is 0 Å². The number of hydrogen-bond acceptors (Lipinski definition) is 6. The fourth-order valence-corrected chi connectivity index (χ4v) is 2.90. The molecular formula is C18H20N4O3. The summed E-state index contributed by atoms with van der Waals surface area (Å²) in [5.41, 5.74) is 4.54. The van der Waals surface area contributed by atoms with Crippen LogP contribution in [0.5, 0.6) is 5.75 Å². The van der Waals surface area contributed by atoms with Crippen LogP contribution in [-0.2, 0) is 0 Å². The molecule has 0 spiro atoms. The van der Waals surface area contributed by atoms with Gasteiger partial charge in [0.25, 0.3) is 0 Å². The minimum Gasteiger partial charge on any atom is -0.508 e. The maximum Gasteiger partial charge on any atom is 0.143 e. The largest absolute Gasteiger partial charge is 0.508 e. The summed E-state index contributed by atoms with van der Waals surface area (Å²) in [6, 6.07) is 6.74. The Morgan fingerprint density at radius 3 is 2.40 bits per heavy atom. The summed E-state index contributed by atoms with van der Waals surface area (Å²) in [5.74, 6) is 0.946.